The van der Waals surface area contributed by atoms with Gasteiger partial charge in [0, 0.05) is 36.5 Å². The summed E-state index contributed by atoms with van der Waals surface area (Å²) in [4.78, 5) is 29.3. The lowest BCUT2D eigenvalue weighted by atomic mass is 9.76. The largest absolute Gasteiger partial charge is 0.423 e. The summed E-state index contributed by atoms with van der Waals surface area (Å²) >= 11 is 0. The number of anilines is 1. The van der Waals surface area contributed by atoms with Gasteiger partial charge in [0.05, 0.1) is 23.7 Å². The summed E-state index contributed by atoms with van der Waals surface area (Å²) in [7, 11) is 0. The Kier molecular flexibility index (Phi) is 6.21. The van der Waals surface area contributed by atoms with Crippen LogP contribution in [-0.4, -0.2) is 44.4 Å². The predicted molar refractivity (Wildman–Crippen MR) is 129 cm³/mol. The highest BCUT2D eigenvalue weighted by Crippen LogP contribution is 2.36. The summed E-state index contributed by atoms with van der Waals surface area (Å²) in [5.41, 5.74) is 12.8. The number of hydrogen-bond donors (Lipinski definition) is 2. The van der Waals surface area contributed by atoms with Crippen LogP contribution in [0.15, 0.2) is 59.4 Å². The summed E-state index contributed by atoms with van der Waals surface area (Å²) < 4.78 is 19.6. The Hall–Kier alpha value is -4.89. The number of hydrogen-bond acceptors (Lipinski definition) is 10. The Balaban J connectivity index is 1.45. The van der Waals surface area contributed by atoms with Crippen LogP contribution in [0.25, 0.3) is 34.0 Å². The van der Waals surface area contributed by atoms with Gasteiger partial charge in [0.15, 0.2) is 17.3 Å². The Morgan fingerprint density at radius 3 is 2.68 bits per heavy atom. The number of hydroxylamine groups is 2. The molecule has 4 N–H and O–H groups in total. The lowest BCUT2D eigenvalue weighted by molar-refractivity contribution is -0.115. The molecule has 1 aliphatic rings. The van der Waals surface area contributed by atoms with E-state index in [-0.39, 0.29) is 22.8 Å². The highest BCUT2D eigenvalue weighted by molar-refractivity contribution is 5.73. The van der Waals surface area contributed by atoms with Gasteiger partial charge in [-0.2, -0.15) is 5.26 Å². The Morgan fingerprint density at radius 1 is 1.16 bits per heavy atom. The predicted octanol–water partition coefficient (Wildman–Crippen LogP) is 3.45. The van der Waals surface area contributed by atoms with Gasteiger partial charge < -0.3 is 20.8 Å². The van der Waals surface area contributed by atoms with Gasteiger partial charge in [-0.25, -0.2) is 19.2 Å². The first-order chi connectivity index (χ1) is 17.9. The van der Waals surface area contributed by atoms with E-state index in [1.807, 2.05) is 0 Å². The zero-order chi connectivity index (χ0) is 26.0. The number of halogens is 1. The number of aromatic nitrogens is 4. The maximum atomic E-state index is 14.2. The number of piperidine rings is 1. The fourth-order valence-electron chi connectivity index (χ4n) is 4.26. The standard InChI is InChI=1S/C25H21FN8O3/c26-17-4-2-1-3-16(17)18-12-20(36-33-18)22-23(28)31-13-19(32-22)15-5-8-30-21(11-15)25(14-27)6-9-34(10-7-25)37-24(29)35/h1-5,8,11-13H,6-7,9-10H2,(H2,28,31)(H2,29,35). The van der Waals surface area contributed by atoms with Crippen molar-refractivity contribution < 1.29 is 18.5 Å². The van der Waals surface area contributed by atoms with E-state index < -0.39 is 17.3 Å². The lowest BCUT2D eigenvalue weighted by Crippen LogP contribution is -2.43. The van der Waals surface area contributed by atoms with Crippen LogP contribution in [0.4, 0.5) is 15.0 Å². The van der Waals surface area contributed by atoms with Gasteiger partial charge in [-0.3, -0.25) is 4.98 Å². The van der Waals surface area contributed by atoms with Crippen molar-refractivity contribution in [3.63, 3.8) is 0 Å². The van der Waals surface area contributed by atoms with Gasteiger partial charge in [-0.1, -0.05) is 17.3 Å². The molecule has 1 aliphatic heterocycles. The van der Waals surface area contributed by atoms with Crippen molar-refractivity contribution in [3.05, 3.63) is 66.4 Å². The minimum atomic E-state index is -0.893. The number of rotatable bonds is 5. The highest BCUT2D eigenvalue weighted by atomic mass is 19.1. The van der Waals surface area contributed by atoms with Crippen LogP contribution in [0.3, 0.4) is 0 Å². The third-order valence-corrected chi connectivity index (χ3v) is 6.25. The summed E-state index contributed by atoms with van der Waals surface area (Å²) in [6.07, 6.45) is 2.99. The minimum Gasteiger partial charge on any atom is -0.382 e. The monoisotopic (exact) mass is 500 g/mol. The van der Waals surface area contributed by atoms with E-state index in [0.29, 0.717) is 48.6 Å². The molecule has 11 nitrogen and oxygen atoms in total. The Labute approximate surface area is 210 Å². The Morgan fingerprint density at radius 2 is 1.95 bits per heavy atom. The fourth-order valence-corrected chi connectivity index (χ4v) is 4.26. The summed E-state index contributed by atoms with van der Waals surface area (Å²) in [5, 5.41) is 15.4. The lowest BCUT2D eigenvalue weighted by Gasteiger charge is -2.35. The summed E-state index contributed by atoms with van der Waals surface area (Å²) in [5.74, 6) is -0.0859. The molecule has 5 rings (SSSR count). The molecule has 4 heterocycles. The molecular weight excluding hydrogens is 479 g/mol. The molecule has 0 saturated carbocycles. The third-order valence-electron chi connectivity index (χ3n) is 6.25. The van der Waals surface area contributed by atoms with Crippen LogP contribution in [-0.2, 0) is 10.3 Å². The molecular formula is C25H21FN8O3. The number of primary amides is 1. The molecule has 0 atom stereocenters. The van der Waals surface area contributed by atoms with E-state index in [2.05, 4.69) is 26.2 Å². The number of nitriles is 1. The molecule has 186 valence electrons. The quantitative estimate of drug-likeness (QED) is 0.413. The molecule has 1 fully saturated rings. The number of nitrogens with two attached hydrogens (primary N) is 2. The van der Waals surface area contributed by atoms with E-state index in [1.165, 1.54) is 17.3 Å². The second kappa shape index (κ2) is 9.63. The molecule has 0 spiro atoms. The van der Waals surface area contributed by atoms with Gasteiger partial charge in [0.2, 0.25) is 0 Å². The minimum absolute atomic E-state index is 0.115. The van der Waals surface area contributed by atoms with Gasteiger partial charge in [-0.05, 0) is 37.1 Å². The number of nitrogen functional groups attached to an aromatic ring is 1. The second-order valence-electron chi connectivity index (χ2n) is 8.51. The van der Waals surface area contributed by atoms with Crippen molar-refractivity contribution in [2.45, 2.75) is 18.3 Å². The van der Waals surface area contributed by atoms with Crippen LogP contribution in [0.2, 0.25) is 0 Å². The van der Waals surface area contributed by atoms with Gasteiger partial charge in [0.25, 0.3) is 0 Å². The molecule has 0 unspecified atom stereocenters. The van der Waals surface area contributed by atoms with E-state index in [0.717, 1.165) is 0 Å². The van der Waals surface area contributed by atoms with Crippen LogP contribution in [0.1, 0.15) is 18.5 Å². The molecule has 12 heteroatoms. The van der Waals surface area contributed by atoms with Crippen molar-refractivity contribution in [2.75, 3.05) is 18.8 Å². The fraction of sp³-hybridized carbons (Fsp3) is 0.200. The second-order valence-corrected chi connectivity index (χ2v) is 8.51. The molecule has 3 aromatic heterocycles. The number of nitrogens with zero attached hydrogens (tertiary/aromatic N) is 6. The highest BCUT2D eigenvalue weighted by Gasteiger charge is 2.39. The molecule has 1 aromatic carbocycles. The Bertz CT molecular complexity index is 1510. The number of benzene rings is 1. The van der Waals surface area contributed by atoms with Gasteiger partial charge in [0.1, 0.15) is 16.9 Å². The number of pyridine rings is 1. The van der Waals surface area contributed by atoms with Gasteiger partial charge in [-0.15, -0.1) is 5.06 Å². The molecule has 0 bridgehead atoms. The van der Waals surface area contributed by atoms with E-state index in [4.69, 9.17) is 20.8 Å². The zero-order valence-electron chi connectivity index (χ0n) is 19.5. The average Bonchev–Trinajstić information content (AvgIpc) is 3.39. The first-order valence-electron chi connectivity index (χ1n) is 11.3. The molecule has 1 amide bonds. The van der Waals surface area contributed by atoms with Crippen LogP contribution >= 0.6 is 0 Å². The smallest absolute Gasteiger partial charge is 0.382 e. The van der Waals surface area contributed by atoms with E-state index in [1.54, 1.807) is 42.6 Å². The van der Waals surface area contributed by atoms with Crippen molar-refractivity contribution in [1.82, 2.24) is 25.2 Å². The molecule has 0 aliphatic carbocycles. The summed E-state index contributed by atoms with van der Waals surface area (Å²) in [6.45, 7) is 0.675. The maximum Gasteiger partial charge on any atom is 0.423 e. The first-order valence-corrected chi connectivity index (χ1v) is 11.3. The van der Waals surface area contributed by atoms with E-state index in [9.17, 15) is 14.4 Å². The number of carbonyl (C=O) groups is 1. The SMILES string of the molecule is N#CC1(c2cc(-c3cnc(N)c(-c4cc(-c5ccccc5F)no4)n3)ccn2)CCN(OC(N)=O)CC1. The van der Waals surface area contributed by atoms with Crippen molar-refractivity contribution in [2.24, 2.45) is 5.73 Å². The topological polar surface area (TPSA) is 170 Å². The summed E-state index contributed by atoms with van der Waals surface area (Å²) in [6, 6.07) is 13.7. The zero-order valence-corrected chi connectivity index (χ0v) is 19.5. The molecule has 37 heavy (non-hydrogen) atoms. The van der Waals surface area contributed by atoms with Crippen molar-refractivity contribution in [3.8, 4) is 40.0 Å². The van der Waals surface area contributed by atoms with Crippen LogP contribution < -0.4 is 11.5 Å². The van der Waals surface area contributed by atoms with Crippen molar-refractivity contribution >= 4 is 11.9 Å². The molecule has 4 aromatic rings. The first kappa shape index (κ1) is 23.8. The van der Waals surface area contributed by atoms with E-state index >= 15 is 0 Å². The number of amides is 1. The van der Waals surface area contributed by atoms with Crippen molar-refractivity contribution in [1.29, 1.82) is 5.26 Å². The molecule has 1 saturated heterocycles. The molecule has 0 radical (unpaired) electrons. The third kappa shape index (κ3) is 4.67. The normalized spacial score (nSPS) is 15.1. The number of carbonyl (C=O) groups excluding carboxylic acids is 1. The van der Waals surface area contributed by atoms with Gasteiger partial charge >= 0.3 is 6.09 Å². The van der Waals surface area contributed by atoms with Crippen LogP contribution in [0, 0.1) is 17.1 Å². The average molecular weight is 500 g/mol. The maximum absolute atomic E-state index is 14.2. The van der Waals surface area contributed by atoms with Crippen LogP contribution in [0.5, 0.6) is 0 Å².